The number of thioether (sulfide) groups is 1. The number of rotatable bonds is 4. The minimum Gasteiger partial charge on any atom is -0.302 e. The number of carbonyl (C=O) groups excluding carboxylic acids is 1. The molecule has 0 aliphatic heterocycles. The summed E-state index contributed by atoms with van der Waals surface area (Å²) in [7, 11) is 0. The molecule has 1 atom stereocenters. The van der Waals surface area contributed by atoms with Crippen LogP contribution in [0.2, 0.25) is 0 Å². The van der Waals surface area contributed by atoms with Gasteiger partial charge in [0.15, 0.2) is 0 Å². The van der Waals surface area contributed by atoms with E-state index >= 15 is 0 Å². The van der Waals surface area contributed by atoms with Crippen molar-refractivity contribution in [2.24, 2.45) is 5.92 Å². The van der Waals surface area contributed by atoms with Crippen LogP contribution in [-0.2, 0) is 4.79 Å². The van der Waals surface area contributed by atoms with Gasteiger partial charge in [0.05, 0.1) is 5.25 Å². The summed E-state index contributed by atoms with van der Waals surface area (Å²) in [5, 5.41) is 0.174. The first-order valence-corrected chi connectivity index (χ1v) is 4.28. The summed E-state index contributed by atoms with van der Waals surface area (Å²) in [5.41, 5.74) is 0. The highest BCUT2D eigenvalue weighted by Crippen LogP contribution is 2.11. The molecule has 0 saturated heterocycles. The van der Waals surface area contributed by atoms with Crippen LogP contribution in [0.5, 0.6) is 0 Å². The zero-order valence-corrected chi connectivity index (χ0v) is 7.07. The second-order valence-electron chi connectivity index (χ2n) is 2.57. The molecule has 2 heteroatoms. The molecule has 0 aliphatic carbocycles. The van der Waals surface area contributed by atoms with Gasteiger partial charge in [-0.1, -0.05) is 13.8 Å². The predicted molar refractivity (Wildman–Crippen MR) is 42.8 cm³/mol. The van der Waals surface area contributed by atoms with Gasteiger partial charge < -0.3 is 4.79 Å². The van der Waals surface area contributed by atoms with Crippen molar-refractivity contribution >= 4 is 18.0 Å². The largest absolute Gasteiger partial charge is 0.302 e. The van der Waals surface area contributed by atoms with Crippen molar-refractivity contribution in [3.8, 4) is 0 Å². The lowest BCUT2D eigenvalue weighted by Crippen LogP contribution is -2.01. The van der Waals surface area contributed by atoms with Crippen LogP contribution in [0.4, 0.5) is 0 Å². The highest BCUT2D eigenvalue weighted by molar-refractivity contribution is 8.00. The highest BCUT2D eigenvalue weighted by Gasteiger charge is 2.00. The zero-order chi connectivity index (χ0) is 7.28. The molecule has 9 heavy (non-hydrogen) atoms. The fourth-order valence-electron chi connectivity index (χ4n) is 0.384. The van der Waals surface area contributed by atoms with E-state index in [0.717, 1.165) is 12.0 Å². The molecule has 0 aliphatic rings. The van der Waals surface area contributed by atoms with Crippen LogP contribution in [-0.4, -0.2) is 17.3 Å². The molecule has 0 bridgehead atoms. The number of aldehydes is 1. The van der Waals surface area contributed by atoms with Gasteiger partial charge in [0.1, 0.15) is 6.29 Å². The van der Waals surface area contributed by atoms with Gasteiger partial charge in [-0.25, -0.2) is 0 Å². The van der Waals surface area contributed by atoms with Crippen LogP contribution in [0, 0.1) is 5.92 Å². The minimum absolute atomic E-state index is 0.174. The normalized spacial score (nSPS) is 13.8. The summed E-state index contributed by atoms with van der Waals surface area (Å²) in [4.78, 5) is 10.1. The Hall–Kier alpha value is 0.0200. The Morgan fingerprint density at radius 1 is 1.44 bits per heavy atom. The molecule has 0 N–H and O–H groups in total. The van der Waals surface area contributed by atoms with Crippen molar-refractivity contribution in [3.63, 3.8) is 0 Å². The molecule has 0 fully saturated rings. The molecule has 0 amide bonds. The van der Waals surface area contributed by atoms with E-state index in [4.69, 9.17) is 0 Å². The zero-order valence-electron chi connectivity index (χ0n) is 6.26. The summed E-state index contributed by atoms with van der Waals surface area (Å²) < 4.78 is 0. The minimum atomic E-state index is 0.174. The molecule has 0 radical (unpaired) electrons. The van der Waals surface area contributed by atoms with Gasteiger partial charge in [-0.05, 0) is 18.6 Å². The van der Waals surface area contributed by atoms with Crippen LogP contribution in [0.3, 0.4) is 0 Å². The van der Waals surface area contributed by atoms with Crippen LogP contribution in [0.25, 0.3) is 0 Å². The molecule has 1 nitrogen and oxygen atoms in total. The van der Waals surface area contributed by atoms with Crippen LogP contribution < -0.4 is 0 Å². The lowest BCUT2D eigenvalue weighted by molar-refractivity contribution is -0.107. The Kier molecular flexibility index (Phi) is 4.87. The summed E-state index contributed by atoms with van der Waals surface area (Å²) in [6.45, 7) is 6.25. The predicted octanol–water partition coefficient (Wildman–Crippen LogP) is 1.96. The molecular weight excluding hydrogens is 132 g/mol. The molecule has 54 valence electrons. The molecule has 0 aromatic heterocycles. The van der Waals surface area contributed by atoms with Crippen molar-refractivity contribution in [1.29, 1.82) is 0 Å². The maximum absolute atomic E-state index is 10.1. The summed E-state index contributed by atoms with van der Waals surface area (Å²) in [5.74, 6) is 1.78. The van der Waals surface area contributed by atoms with Crippen molar-refractivity contribution in [3.05, 3.63) is 0 Å². The van der Waals surface area contributed by atoms with Crippen molar-refractivity contribution < 1.29 is 4.79 Å². The topological polar surface area (TPSA) is 17.1 Å². The SMILES string of the molecule is CC(C)CSC(C)C=O. The van der Waals surface area contributed by atoms with Crippen LogP contribution in [0.1, 0.15) is 20.8 Å². The third-order valence-electron chi connectivity index (χ3n) is 0.884. The second kappa shape index (κ2) is 4.86. The van der Waals surface area contributed by atoms with Gasteiger partial charge >= 0.3 is 0 Å². The monoisotopic (exact) mass is 146 g/mol. The Morgan fingerprint density at radius 3 is 2.33 bits per heavy atom. The lowest BCUT2D eigenvalue weighted by atomic mass is 10.3. The average Bonchev–Trinajstić information content (AvgIpc) is 1.83. The van der Waals surface area contributed by atoms with Gasteiger partial charge in [0, 0.05) is 0 Å². The Balaban J connectivity index is 3.16. The van der Waals surface area contributed by atoms with Crippen LogP contribution in [0.15, 0.2) is 0 Å². The van der Waals surface area contributed by atoms with E-state index in [0.29, 0.717) is 5.92 Å². The first-order chi connectivity index (χ1) is 4.16. The molecule has 0 rings (SSSR count). The van der Waals surface area contributed by atoms with Crippen molar-refractivity contribution in [2.45, 2.75) is 26.0 Å². The van der Waals surface area contributed by atoms with Crippen molar-refractivity contribution in [1.82, 2.24) is 0 Å². The third-order valence-corrected chi connectivity index (χ3v) is 2.38. The lowest BCUT2D eigenvalue weighted by Gasteiger charge is -2.04. The summed E-state index contributed by atoms with van der Waals surface area (Å²) >= 11 is 1.72. The highest BCUT2D eigenvalue weighted by atomic mass is 32.2. The first kappa shape index (κ1) is 9.02. The molecule has 0 aromatic rings. The quantitative estimate of drug-likeness (QED) is 0.564. The van der Waals surface area contributed by atoms with E-state index in [2.05, 4.69) is 13.8 Å². The summed E-state index contributed by atoms with van der Waals surface area (Å²) in [6, 6.07) is 0. The molecule has 1 unspecified atom stereocenters. The van der Waals surface area contributed by atoms with Gasteiger partial charge in [-0.2, -0.15) is 11.8 Å². The molecular formula is C7H14OS. The Morgan fingerprint density at radius 2 is 2.00 bits per heavy atom. The van der Waals surface area contributed by atoms with E-state index < -0.39 is 0 Å². The fourth-order valence-corrected chi connectivity index (χ4v) is 1.15. The van der Waals surface area contributed by atoms with Gasteiger partial charge in [-0.15, -0.1) is 0 Å². The Bertz CT molecular complexity index is 81.0. The van der Waals surface area contributed by atoms with Gasteiger partial charge in [-0.3, -0.25) is 0 Å². The van der Waals surface area contributed by atoms with Gasteiger partial charge in [0.2, 0.25) is 0 Å². The van der Waals surface area contributed by atoms with E-state index in [1.807, 2.05) is 6.92 Å². The maximum Gasteiger partial charge on any atom is 0.132 e. The van der Waals surface area contributed by atoms with Crippen LogP contribution >= 0.6 is 11.8 Å². The maximum atomic E-state index is 10.1. The molecule has 0 aromatic carbocycles. The fraction of sp³-hybridized carbons (Fsp3) is 0.857. The number of hydrogen-bond acceptors (Lipinski definition) is 2. The van der Waals surface area contributed by atoms with E-state index in [1.165, 1.54) is 0 Å². The second-order valence-corrected chi connectivity index (χ2v) is 3.98. The molecule has 0 saturated carbocycles. The third kappa shape index (κ3) is 5.90. The average molecular weight is 146 g/mol. The van der Waals surface area contributed by atoms with E-state index in [9.17, 15) is 4.79 Å². The van der Waals surface area contributed by atoms with E-state index in [-0.39, 0.29) is 5.25 Å². The Labute approximate surface area is 61.2 Å². The summed E-state index contributed by atoms with van der Waals surface area (Å²) in [6.07, 6.45) is 0.993. The van der Waals surface area contributed by atoms with Gasteiger partial charge in [0.25, 0.3) is 0 Å². The molecule has 0 spiro atoms. The standard InChI is InChI=1S/C7H14OS/c1-6(2)5-9-7(3)4-8/h4,6-7H,5H2,1-3H3. The molecule has 0 heterocycles. The van der Waals surface area contributed by atoms with E-state index in [1.54, 1.807) is 11.8 Å². The smallest absolute Gasteiger partial charge is 0.132 e. The first-order valence-electron chi connectivity index (χ1n) is 3.23. The number of carbonyl (C=O) groups is 1. The van der Waals surface area contributed by atoms with Crippen molar-refractivity contribution in [2.75, 3.05) is 5.75 Å². The number of hydrogen-bond donors (Lipinski definition) is 0.